The van der Waals surface area contributed by atoms with Gasteiger partial charge in [0.25, 0.3) is 0 Å². The number of rotatable bonds is 4. The van der Waals surface area contributed by atoms with Crippen molar-refractivity contribution >= 4 is 29.1 Å². The summed E-state index contributed by atoms with van der Waals surface area (Å²) in [5.41, 5.74) is 0. The molecular weight excluding hydrogens is 312 g/mol. The molecular formula is C16H21ClN6. The van der Waals surface area contributed by atoms with E-state index in [2.05, 4.69) is 25.2 Å². The maximum Gasteiger partial charge on any atom is 0.133 e. The number of nitrogens with one attached hydrogen (secondary N) is 1. The molecule has 3 rings (SSSR count). The normalized spacial score (nSPS) is 15.5. The van der Waals surface area contributed by atoms with Gasteiger partial charge >= 0.3 is 0 Å². The van der Waals surface area contributed by atoms with Gasteiger partial charge in [-0.3, -0.25) is 0 Å². The van der Waals surface area contributed by atoms with E-state index in [-0.39, 0.29) is 0 Å². The second-order valence-corrected chi connectivity index (χ2v) is 6.33. The van der Waals surface area contributed by atoms with Crippen molar-refractivity contribution in [3.05, 3.63) is 35.7 Å². The van der Waals surface area contributed by atoms with Crippen LogP contribution >= 0.6 is 11.6 Å². The molecule has 2 aromatic rings. The minimum Gasteiger partial charge on any atom is -0.367 e. The molecule has 0 spiro atoms. The summed E-state index contributed by atoms with van der Waals surface area (Å²) in [6.45, 7) is 1.94. The molecule has 0 aromatic carbocycles. The third kappa shape index (κ3) is 4.01. The molecule has 7 heteroatoms. The Kier molecular flexibility index (Phi) is 4.81. The minimum absolute atomic E-state index is 0.420. The highest BCUT2D eigenvalue weighted by Crippen LogP contribution is 2.21. The van der Waals surface area contributed by atoms with Crippen LogP contribution in [0.3, 0.4) is 0 Å². The zero-order valence-corrected chi connectivity index (χ0v) is 14.2. The van der Waals surface area contributed by atoms with Gasteiger partial charge < -0.3 is 15.1 Å². The van der Waals surface area contributed by atoms with Gasteiger partial charge in [0.05, 0.1) is 5.02 Å². The number of nitrogens with zero attached hydrogens (tertiary/aromatic N) is 5. The zero-order valence-electron chi connectivity index (χ0n) is 13.4. The molecule has 23 heavy (non-hydrogen) atoms. The number of pyridine rings is 1. The summed E-state index contributed by atoms with van der Waals surface area (Å²) in [5.74, 6) is 2.78. The molecule has 0 amide bonds. The number of halogens is 1. The molecule has 0 radical (unpaired) electrons. The molecule has 2 aromatic heterocycles. The topological polar surface area (TPSA) is 57.2 Å². The molecule has 1 fully saturated rings. The van der Waals surface area contributed by atoms with Gasteiger partial charge in [0, 0.05) is 45.5 Å². The summed E-state index contributed by atoms with van der Waals surface area (Å²) in [6.07, 6.45) is 5.40. The van der Waals surface area contributed by atoms with Crippen molar-refractivity contribution in [1.29, 1.82) is 0 Å². The molecule has 0 bridgehead atoms. The van der Waals surface area contributed by atoms with E-state index in [0.29, 0.717) is 11.1 Å². The maximum absolute atomic E-state index is 5.89. The first-order valence-corrected chi connectivity index (χ1v) is 8.12. The number of hydrogen-bond donors (Lipinski definition) is 1. The van der Waals surface area contributed by atoms with Crippen LogP contribution < -0.4 is 15.1 Å². The van der Waals surface area contributed by atoms with Crippen LogP contribution in [-0.4, -0.2) is 48.2 Å². The maximum atomic E-state index is 5.89. The van der Waals surface area contributed by atoms with Crippen LogP contribution in [0.25, 0.3) is 0 Å². The van der Waals surface area contributed by atoms with Gasteiger partial charge in [-0.1, -0.05) is 11.6 Å². The first kappa shape index (κ1) is 15.8. The SMILES string of the molecule is CN(C)c1cc(NC2CCN(c3ccc(Cl)cn3)CC2)ncn1. The van der Waals surface area contributed by atoms with E-state index in [4.69, 9.17) is 11.6 Å². The van der Waals surface area contributed by atoms with Crippen LogP contribution in [0.15, 0.2) is 30.7 Å². The second kappa shape index (κ2) is 7.00. The molecule has 1 aliphatic heterocycles. The van der Waals surface area contributed by atoms with Gasteiger partial charge in [0.15, 0.2) is 0 Å². The Bertz CT molecular complexity index is 637. The third-order valence-electron chi connectivity index (χ3n) is 3.99. The van der Waals surface area contributed by atoms with E-state index in [1.54, 1.807) is 12.5 Å². The standard InChI is InChI=1S/C16H21ClN6/c1-22(2)16-9-14(19-11-20-16)21-13-5-7-23(8-6-13)15-4-3-12(17)10-18-15/h3-4,9-11,13H,5-8H2,1-2H3,(H,19,20,21). The summed E-state index contributed by atoms with van der Waals surface area (Å²) in [4.78, 5) is 17.2. The summed E-state index contributed by atoms with van der Waals surface area (Å²) in [6, 6.07) is 6.26. The zero-order chi connectivity index (χ0) is 16.2. The van der Waals surface area contributed by atoms with Crippen LogP contribution in [0.5, 0.6) is 0 Å². The predicted octanol–water partition coefficient (Wildman–Crippen LogP) is 2.67. The fourth-order valence-corrected chi connectivity index (χ4v) is 2.80. The summed E-state index contributed by atoms with van der Waals surface area (Å²) < 4.78 is 0. The van der Waals surface area contributed by atoms with Crippen molar-refractivity contribution in [1.82, 2.24) is 15.0 Å². The van der Waals surface area contributed by atoms with Crippen molar-refractivity contribution < 1.29 is 0 Å². The van der Waals surface area contributed by atoms with Crippen LogP contribution in [0.1, 0.15) is 12.8 Å². The number of anilines is 3. The number of piperidine rings is 1. The van der Waals surface area contributed by atoms with E-state index in [1.807, 2.05) is 37.2 Å². The minimum atomic E-state index is 0.420. The van der Waals surface area contributed by atoms with Gasteiger partial charge in [-0.25, -0.2) is 15.0 Å². The molecule has 0 unspecified atom stereocenters. The Morgan fingerprint density at radius 2 is 1.96 bits per heavy atom. The highest BCUT2D eigenvalue weighted by molar-refractivity contribution is 6.30. The Morgan fingerprint density at radius 3 is 2.61 bits per heavy atom. The lowest BCUT2D eigenvalue weighted by Crippen LogP contribution is -2.39. The second-order valence-electron chi connectivity index (χ2n) is 5.90. The molecule has 0 atom stereocenters. The molecule has 1 aliphatic rings. The lowest BCUT2D eigenvalue weighted by molar-refractivity contribution is 0.522. The Balaban J connectivity index is 1.57. The largest absolute Gasteiger partial charge is 0.367 e. The molecule has 6 nitrogen and oxygen atoms in total. The van der Waals surface area contributed by atoms with E-state index in [9.17, 15) is 0 Å². The third-order valence-corrected chi connectivity index (χ3v) is 4.22. The van der Waals surface area contributed by atoms with Gasteiger partial charge in [0.2, 0.25) is 0 Å². The van der Waals surface area contributed by atoms with Gasteiger partial charge in [-0.15, -0.1) is 0 Å². The Labute approximate surface area is 141 Å². The van der Waals surface area contributed by atoms with Crippen molar-refractivity contribution in [2.75, 3.05) is 42.3 Å². The van der Waals surface area contributed by atoms with E-state index >= 15 is 0 Å². The highest BCUT2D eigenvalue weighted by Gasteiger charge is 2.20. The Morgan fingerprint density at radius 1 is 1.17 bits per heavy atom. The summed E-state index contributed by atoms with van der Waals surface area (Å²) in [7, 11) is 3.95. The first-order valence-electron chi connectivity index (χ1n) is 7.74. The predicted molar refractivity (Wildman–Crippen MR) is 94.5 cm³/mol. The van der Waals surface area contributed by atoms with E-state index in [0.717, 1.165) is 43.4 Å². The van der Waals surface area contributed by atoms with Crippen molar-refractivity contribution in [2.45, 2.75) is 18.9 Å². The average molecular weight is 333 g/mol. The van der Waals surface area contributed by atoms with Crippen LogP contribution in [-0.2, 0) is 0 Å². The average Bonchev–Trinajstić information content (AvgIpc) is 2.57. The molecule has 3 heterocycles. The van der Waals surface area contributed by atoms with Gasteiger partial charge in [-0.05, 0) is 25.0 Å². The number of hydrogen-bond acceptors (Lipinski definition) is 6. The lowest BCUT2D eigenvalue weighted by Gasteiger charge is -2.33. The quantitative estimate of drug-likeness (QED) is 0.929. The highest BCUT2D eigenvalue weighted by atomic mass is 35.5. The first-order chi connectivity index (χ1) is 11.1. The van der Waals surface area contributed by atoms with Crippen molar-refractivity contribution in [3.63, 3.8) is 0 Å². The smallest absolute Gasteiger partial charge is 0.133 e. The Hall–Kier alpha value is -2.08. The molecule has 0 aliphatic carbocycles. The lowest BCUT2D eigenvalue weighted by atomic mass is 10.1. The molecule has 1 N–H and O–H groups in total. The van der Waals surface area contributed by atoms with Crippen LogP contribution in [0.2, 0.25) is 5.02 Å². The fraction of sp³-hybridized carbons (Fsp3) is 0.438. The van der Waals surface area contributed by atoms with E-state index in [1.165, 1.54) is 0 Å². The monoisotopic (exact) mass is 332 g/mol. The van der Waals surface area contributed by atoms with Gasteiger partial charge in [-0.2, -0.15) is 0 Å². The molecule has 0 saturated carbocycles. The van der Waals surface area contributed by atoms with Crippen molar-refractivity contribution in [3.8, 4) is 0 Å². The van der Waals surface area contributed by atoms with Crippen molar-refractivity contribution in [2.24, 2.45) is 0 Å². The van der Waals surface area contributed by atoms with Crippen LogP contribution in [0, 0.1) is 0 Å². The van der Waals surface area contributed by atoms with E-state index < -0.39 is 0 Å². The van der Waals surface area contributed by atoms with Gasteiger partial charge in [0.1, 0.15) is 23.8 Å². The molecule has 122 valence electrons. The summed E-state index contributed by atoms with van der Waals surface area (Å²) >= 11 is 5.89. The van der Waals surface area contributed by atoms with Crippen LogP contribution in [0.4, 0.5) is 17.5 Å². The summed E-state index contributed by atoms with van der Waals surface area (Å²) in [5, 5.41) is 4.18. The number of aromatic nitrogens is 3. The molecule has 1 saturated heterocycles. The fourth-order valence-electron chi connectivity index (χ4n) is 2.69.